The number of aliphatic carboxylic acids is 2. The second-order valence-electron chi connectivity index (χ2n) is 3.34. The van der Waals surface area contributed by atoms with Crippen LogP contribution in [0.5, 0.6) is 0 Å². The first-order valence-corrected chi connectivity index (χ1v) is 4.42. The Kier molecular flexibility index (Phi) is 11.8. The van der Waals surface area contributed by atoms with Crippen LogP contribution >= 0.6 is 0 Å². The standard InChI is InChI=1S/C8H14N2O4.2Na/c11-7(12)4-9-2-1-3-10(6-9)5-8(13)14;;/h1-6H2,(H,11,12)(H,13,14);;/q;2*+1/p-2. The van der Waals surface area contributed by atoms with Gasteiger partial charge in [-0.25, -0.2) is 0 Å². The Morgan fingerprint density at radius 2 is 1.31 bits per heavy atom. The third-order valence-corrected chi connectivity index (χ3v) is 2.05. The maximum atomic E-state index is 10.3. The number of carboxylic acids is 2. The van der Waals surface area contributed by atoms with Crippen molar-refractivity contribution in [3.63, 3.8) is 0 Å². The first-order valence-electron chi connectivity index (χ1n) is 4.42. The molecule has 1 fully saturated rings. The van der Waals surface area contributed by atoms with Crippen LogP contribution in [0.3, 0.4) is 0 Å². The summed E-state index contributed by atoms with van der Waals surface area (Å²) in [5, 5.41) is 20.6. The summed E-state index contributed by atoms with van der Waals surface area (Å²) in [5.41, 5.74) is 0. The molecule has 0 unspecified atom stereocenters. The quantitative estimate of drug-likeness (QED) is 0.458. The van der Waals surface area contributed by atoms with E-state index < -0.39 is 11.9 Å². The van der Waals surface area contributed by atoms with E-state index in [1.54, 1.807) is 9.80 Å². The van der Waals surface area contributed by atoms with Gasteiger partial charge >= 0.3 is 59.1 Å². The predicted octanol–water partition coefficient (Wildman–Crippen LogP) is -9.54. The smallest absolute Gasteiger partial charge is 0.549 e. The van der Waals surface area contributed by atoms with E-state index in [1.165, 1.54) is 0 Å². The summed E-state index contributed by atoms with van der Waals surface area (Å²) in [6.07, 6.45) is 0.764. The van der Waals surface area contributed by atoms with Crippen LogP contribution in [0.25, 0.3) is 0 Å². The van der Waals surface area contributed by atoms with Crippen molar-refractivity contribution in [2.45, 2.75) is 6.42 Å². The predicted molar refractivity (Wildman–Crippen MR) is 42.6 cm³/mol. The molecule has 0 amide bonds. The molecule has 1 saturated heterocycles. The fourth-order valence-electron chi connectivity index (χ4n) is 1.57. The molecule has 80 valence electrons. The summed E-state index contributed by atoms with van der Waals surface area (Å²) in [6.45, 7) is 1.38. The Morgan fingerprint density at radius 1 is 0.938 bits per heavy atom. The van der Waals surface area contributed by atoms with Gasteiger partial charge in [0.05, 0.1) is 18.6 Å². The minimum Gasteiger partial charge on any atom is -0.549 e. The normalized spacial score (nSPS) is 17.0. The zero-order chi connectivity index (χ0) is 10.6. The van der Waals surface area contributed by atoms with Crippen molar-refractivity contribution in [1.82, 2.24) is 9.80 Å². The molecule has 0 aliphatic carbocycles. The van der Waals surface area contributed by atoms with E-state index in [9.17, 15) is 19.8 Å². The maximum Gasteiger partial charge on any atom is 1.00 e. The minimum atomic E-state index is -1.14. The third-order valence-electron chi connectivity index (χ3n) is 2.05. The Bertz CT molecular complexity index is 218. The molecule has 0 aromatic rings. The van der Waals surface area contributed by atoms with Crippen LogP contribution in [0.4, 0.5) is 0 Å². The van der Waals surface area contributed by atoms with E-state index in [2.05, 4.69) is 0 Å². The number of carbonyl (C=O) groups is 2. The van der Waals surface area contributed by atoms with Gasteiger partial charge in [-0.1, -0.05) is 0 Å². The topological polar surface area (TPSA) is 86.7 Å². The van der Waals surface area contributed by atoms with Gasteiger partial charge < -0.3 is 19.8 Å². The van der Waals surface area contributed by atoms with Gasteiger partial charge in [-0.15, -0.1) is 0 Å². The van der Waals surface area contributed by atoms with Crippen molar-refractivity contribution in [3.8, 4) is 0 Å². The fourth-order valence-corrected chi connectivity index (χ4v) is 1.57. The Morgan fingerprint density at radius 3 is 1.62 bits per heavy atom. The number of hydrogen-bond acceptors (Lipinski definition) is 6. The van der Waals surface area contributed by atoms with Crippen molar-refractivity contribution in [3.05, 3.63) is 0 Å². The number of hydrogen-bond donors (Lipinski definition) is 0. The van der Waals surface area contributed by atoms with E-state index in [0.717, 1.165) is 6.42 Å². The second kappa shape index (κ2) is 9.85. The van der Waals surface area contributed by atoms with Gasteiger partial charge in [0.15, 0.2) is 0 Å². The molecule has 0 radical (unpaired) electrons. The molecule has 1 aliphatic heterocycles. The monoisotopic (exact) mass is 246 g/mol. The van der Waals surface area contributed by atoms with Crippen molar-refractivity contribution < 1.29 is 78.9 Å². The number of rotatable bonds is 4. The summed E-state index contributed by atoms with van der Waals surface area (Å²) in [7, 11) is 0. The fraction of sp³-hybridized carbons (Fsp3) is 0.750. The van der Waals surface area contributed by atoms with Crippen molar-refractivity contribution in [2.75, 3.05) is 32.8 Å². The largest absolute Gasteiger partial charge is 1.00 e. The summed E-state index contributed by atoms with van der Waals surface area (Å²) in [5.74, 6) is -2.28. The Labute approximate surface area is 139 Å². The number of nitrogens with zero attached hydrogens (tertiary/aromatic N) is 2. The number of carboxylic acid groups (broad SMARTS) is 2. The van der Waals surface area contributed by atoms with Gasteiger partial charge in [0, 0.05) is 26.2 Å². The minimum absolute atomic E-state index is 0. The van der Waals surface area contributed by atoms with Crippen molar-refractivity contribution in [2.24, 2.45) is 0 Å². The van der Waals surface area contributed by atoms with Gasteiger partial charge in [0.1, 0.15) is 0 Å². The van der Waals surface area contributed by atoms with Crippen LogP contribution in [-0.2, 0) is 9.59 Å². The zero-order valence-electron chi connectivity index (χ0n) is 9.77. The van der Waals surface area contributed by atoms with E-state index in [1.807, 2.05) is 0 Å². The molecule has 0 aromatic carbocycles. The average molecular weight is 246 g/mol. The molecule has 0 saturated carbocycles. The van der Waals surface area contributed by atoms with Gasteiger partial charge in [-0.2, -0.15) is 0 Å². The SMILES string of the molecule is O=C([O-])CN1CCCN(CC(=O)[O-])C1.[Na+].[Na+]. The molecule has 0 aromatic heterocycles. The van der Waals surface area contributed by atoms with Crippen LogP contribution in [0.1, 0.15) is 6.42 Å². The Balaban J connectivity index is 0. The molecule has 1 rings (SSSR count). The van der Waals surface area contributed by atoms with Gasteiger partial charge in [0.25, 0.3) is 0 Å². The molecule has 0 bridgehead atoms. The van der Waals surface area contributed by atoms with E-state index >= 15 is 0 Å². The first-order chi connectivity index (χ1) is 6.58. The van der Waals surface area contributed by atoms with Gasteiger partial charge in [-0.05, 0) is 6.42 Å². The molecule has 0 N–H and O–H groups in total. The second-order valence-corrected chi connectivity index (χ2v) is 3.34. The van der Waals surface area contributed by atoms with Crippen LogP contribution in [-0.4, -0.2) is 54.6 Å². The average Bonchev–Trinajstić information content (AvgIpc) is 2.01. The van der Waals surface area contributed by atoms with Crippen LogP contribution in [0, 0.1) is 0 Å². The van der Waals surface area contributed by atoms with Crippen LogP contribution in [0.2, 0.25) is 0 Å². The van der Waals surface area contributed by atoms with Crippen molar-refractivity contribution >= 4 is 11.9 Å². The summed E-state index contributed by atoms with van der Waals surface area (Å²) >= 11 is 0. The van der Waals surface area contributed by atoms with Gasteiger partial charge in [0.2, 0.25) is 0 Å². The Hall–Kier alpha value is 0.860. The first kappa shape index (κ1) is 19.2. The van der Waals surface area contributed by atoms with Crippen LogP contribution < -0.4 is 69.3 Å². The molecular formula is C8H12N2Na2O4. The van der Waals surface area contributed by atoms with E-state index in [0.29, 0.717) is 19.8 Å². The molecule has 6 nitrogen and oxygen atoms in total. The summed E-state index contributed by atoms with van der Waals surface area (Å²) in [6, 6.07) is 0. The molecule has 8 heteroatoms. The molecule has 16 heavy (non-hydrogen) atoms. The summed E-state index contributed by atoms with van der Waals surface area (Å²) in [4.78, 5) is 23.9. The third kappa shape index (κ3) is 8.03. The van der Waals surface area contributed by atoms with E-state index in [-0.39, 0.29) is 72.2 Å². The van der Waals surface area contributed by atoms with Gasteiger partial charge in [-0.3, -0.25) is 9.80 Å². The van der Waals surface area contributed by atoms with Crippen LogP contribution in [0.15, 0.2) is 0 Å². The molecule has 1 aliphatic rings. The van der Waals surface area contributed by atoms with E-state index in [4.69, 9.17) is 0 Å². The molecule has 0 spiro atoms. The summed E-state index contributed by atoms with van der Waals surface area (Å²) < 4.78 is 0. The molecule has 0 atom stereocenters. The number of carbonyl (C=O) groups excluding carboxylic acids is 2. The molecule has 1 heterocycles. The maximum absolute atomic E-state index is 10.3. The van der Waals surface area contributed by atoms with Crippen molar-refractivity contribution in [1.29, 1.82) is 0 Å². The zero-order valence-corrected chi connectivity index (χ0v) is 13.8. The molecular weight excluding hydrogens is 234 g/mol.